The summed E-state index contributed by atoms with van der Waals surface area (Å²) in [5.41, 5.74) is 5.70. The number of nitrogens with one attached hydrogen (secondary N) is 1. The average Bonchev–Trinajstić information content (AvgIpc) is 2.57. The Labute approximate surface area is 96.9 Å². The van der Waals surface area contributed by atoms with E-state index < -0.39 is 0 Å². The second kappa shape index (κ2) is 4.34. The zero-order valence-corrected chi connectivity index (χ0v) is 9.05. The topological polar surface area (TPSA) is 104 Å². The van der Waals surface area contributed by atoms with E-state index in [-0.39, 0.29) is 29.3 Å². The predicted octanol–water partition coefficient (Wildman–Crippen LogP) is 0.0780. The van der Waals surface area contributed by atoms with Crippen molar-refractivity contribution in [2.75, 3.05) is 6.54 Å². The fraction of sp³-hybridized carbons (Fsp3) is 0.182. The summed E-state index contributed by atoms with van der Waals surface area (Å²) < 4.78 is 1.22. The number of aromatic amines is 1. The summed E-state index contributed by atoms with van der Waals surface area (Å²) in [6, 6.07) is 6.21. The summed E-state index contributed by atoms with van der Waals surface area (Å²) in [5.74, 6) is -0.122. The van der Waals surface area contributed by atoms with Crippen LogP contribution in [-0.4, -0.2) is 26.5 Å². The Morgan fingerprint density at radius 3 is 2.76 bits per heavy atom. The van der Waals surface area contributed by atoms with E-state index in [0.29, 0.717) is 12.1 Å². The highest BCUT2D eigenvalue weighted by atomic mass is 16.3. The van der Waals surface area contributed by atoms with Gasteiger partial charge in [0, 0.05) is 6.07 Å². The molecule has 1 aromatic heterocycles. The molecule has 0 spiro atoms. The maximum Gasteiger partial charge on any atom is 0.271 e. The van der Waals surface area contributed by atoms with E-state index >= 15 is 0 Å². The Balaban J connectivity index is 2.54. The van der Waals surface area contributed by atoms with Crippen LogP contribution < -0.4 is 11.3 Å². The zero-order valence-electron chi connectivity index (χ0n) is 9.05. The van der Waals surface area contributed by atoms with Gasteiger partial charge in [-0.25, -0.2) is 4.68 Å². The predicted molar refractivity (Wildman–Crippen MR) is 62.5 cm³/mol. The Kier molecular flexibility index (Phi) is 2.88. The maximum absolute atomic E-state index is 11.6. The quantitative estimate of drug-likeness (QED) is 0.604. The number of aromatic hydroxyl groups is 2. The lowest BCUT2D eigenvalue weighted by Crippen LogP contribution is -2.11. The Morgan fingerprint density at radius 2 is 2.12 bits per heavy atom. The minimum atomic E-state index is -0.378. The molecule has 0 atom stereocenters. The second-order valence-corrected chi connectivity index (χ2v) is 3.64. The van der Waals surface area contributed by atoms with Gasteiger partial charge in [0.15, 0.2) is 0 Å². The molecule has 6 heteroatoms. The molecule has 1 heterocycles. The standard InChI is InChI=1S/C11H13N3O3/c12-5-4-9-10(16)13-14(11(9)17)7-2-1-3-8(15)6-7/h1-3,6,15,17H,4-5,12H2,(H,13,16). The molecule has 0 bridgehead atoms. The largest absolute Gasteiger partial charge is 0.508 e. The van der Waals surface area contributed by atoms with E-state index in [9.17, 15) is 15.0 Å². The number of hydrogen-bond donors (Lipinski definition) is 4. The first kappa shape index (κ1) is 11.3. The van der Waals surface area contributed by atoms with Crippen LogP contribution in [-0.2, 0) is 6.42 Å². The molecule has 90 valence electrons. The monoisotopic (exact) mass is 235 g/mol. The van der Waals surface area contributed by atoms with Gasteiger partial charge in [-0.2, -0.15) is 0 Å². The first-order chi connectivity index (χ1) is 8.13. The van der Waals surface area contributed by atoms with E-state index in [1.54, 1.807) is 12.1 Å². The molecule has 0 unspecified atom stereocenters. The van der Waals surface area contributed by atoms with Gasteiger partial charge in [0.25, 0.3) is 5.56 Å². The van der Waals surface area contributed by atoms with E-state index in [0.717, 1.165) is 0 Å². The van der Waals surface area contributed by atoms with Gasteiger partial charge >= 0.3 is 0 Å². The van der Waals surface area contributed by atoms with Gasteiger partial charge in [-0.3, -0.25) is 9.89 Å². The molecule has 0 aliphatic heterocycles. The molecule has 0 radical (unpaired) electrons. The number of rotatable bonds is 3. The molecular formula is C11H13N3O3. The highest BCUT2D eigenvalue weighted by Crippen LogP contribution is 2.21. The number of nitrogens with two attached hydrogens (primary N) is 1. The van der Waals surface area contributed by atoms with Crippen molar-refractivity contribution < 1.29 is 10.2 Å². The molecule has 0 saturated carbocycles. The molecule has 0 aliphatic carbocycles. The fourth-order valence-electron chi connectivity index (χ4n) is 1.65. The number of phenolic OH excluding ortho intramolecular Hbond substituents is 1. The fourth-order valence-corrected chi connectivity index (χ4v) is 1.65. The molecule has 0 saturated heterocycles. The van der Waals surface area contributed by atoms with Gasteiger partial charge in [-0.1, -0.05) is 6.07 Å². The van der Waals surface area contributed by atoms with E-state index in [1.807, 2.05) is 0 Å². The van der Waals surface area contributed by atoms with Crippen molar-refractivity contribution in [3.8, 4) is 17.3 Å². The van der Waals surface area contributed by atoms with Crippen molar-refractivity contribution in [3.05, 3.63) is 40.2 Å². The van der Waals surface area contributed by atoms with Crippen LogP contribution in [0.15, 0.2) is 29.1 Å². The first-order valence-corrected chi connectivity index (χ1v) is 5.16. The number of aromatic nitrogens is 2. The van der Waals surface area contributed by atoms with Crippen LogP contribution in [0.2, 0.25) is 0 Å². The Hall–Kier alpha value is -2.21. The Bertz CT molecular complexity index is 586. The van der Waals surface area contributed by atoms with Crippen LogP contribution in [0.1, 0.15) is 5.56 Å². The molecule has 2 rings (SSSR count). The van der Waals surface area contributed by atoms with Crippen molar-refractivity contribution >= 4 is 0 Å². The third-order valence-corrected chi connectivity index (χ3v) is 2.45. The normalized spacial score (nSPS) is 10.6. The van der Waals surface area contributed by atoms with E-state index in [1.165, 1.54) is 16.8 Å². The number of H-pyrrole nitrogens is 1. The lowest BCUT2D eigenvalue weighted by Gasteiger charge is -2.04. The van der Waals surface area contributed by atoms with Gasteiger partial charge in [0.2, 0.25) is 5.88 Å². The number of hydrogen-bond acceptors (Lipinski definition) is 4. The van der Waals surface area contributed by atoms with Gasteiger partial charge in [-0.05, 0) is 25.1 Å². The van der Waals surface area contributed by atoms with Gasteiger partial charge < -0.3 is 15.9 Å². The van der Waals surface area contributed by atoms with Gasteiger partial charge in [-0.15, -0.1) is 0 Å². The van der Waals surface area contributed by atoms with E-state index in [4.69, 9.17) is 5.73 Å². The SMILES string of the molecule is NCCc1c(O)n(-c2cccc(O)c2)[nH]c1=O. The van der Waals surface area contributed by atoms with E-state index in [2.05, 4.69) is 5.10 Å². The summed E-state index contributed by atoms with van der Waals surface area (Å²) in [4.78, 5) is 11.6. The molecule has 0 aliphatic rings. The van der Waals surface area contributed by atoms with Crippen LogP contribution >= 0.6 is 0 Å². The minimum absolute atomic E-state index is 0.0526. The highest BCUT2D eigenvalue weighted by molar-refractivity contribution is 5.41. The van der Waals surface area contributed by atoms with Crippen LogP contribution in [0, 0.1) is 0 Å². The molecule has 6 nitrogen and oxygen atoms in total. The van der Waals surface area contributed by atoms with Crippen molar-refractivity contribution in [1.82, 2.24) is 9.78 Å². The third-order valence-electron chi connectivity index (χ3n) is 2.45. The number of benzene rings is 1. The van der Waals surface area contributed by atoms with Crippen molar-refractivity contribution in [2.45, 2.75) is 6.42 Å². The third kappa shape index (κ3) is 2.02. The molecular weight excluding hydrogens is 222 g/mol. The van der Waals surface area contributed by atoms with Crippen molar-refractivity contribution in [2.24, 2.45) is 5.73 Å². The first-order valence-electron chi connectivity index (χ1n) is 5.16. The van der Waals surface area contributed by atoms with Gasteiger partial charge in [0.05, 0.1) is 11.3 Å². The number of nitrogens with zero attached hydrogens (tertiary/aromatic N) is 1. The van der Waals surface area contributed by atoms with Crippen LogP contribution in [0.25, 0.3) is 5.69 Å². The minimum Gasteiger partial charge on any atom is -0.508 e. The summed E-state index contributed by atoms with van der Waals surface area (Å²) in [6.45, 7) is 0.278. The lowest BCUT2D eigenvalue weighted by atomic mass is 10.2. The number of phenols is 1. The summed E-state index contributed by atoms with van der Waals surface area (Å²) in [5, 5.41) is 21.7. The molecule has 5 N–H and O–H groups in total. The van der Waals surface area contributed by atoms with Crippen molar-refractivity contribution in [1.29, 1.82) is 0 Å². The molecule has 0 amide bonds. The Morgan fingerprint density at radius 1 is 1.35 bits per heavy atom. The summed E-state index contributed by atoms with van der Waals surface area (Å²) >= 11 is 0. The molecule has 2 aromatic rings. The molecule has 17 heavy (non-hydrogen) atoms. The second-order valence-electron chi connectivity index (χ2n) is 3.64. The van der Waals surface area contributed by atoms with Gasteiger partial charge in [0.1, 0.15) is 5.75 Å². The summed E-state index contributed by atoms with van der Waals surface area (Å²) in [6.07, 6.45) is 0.299. The molecule has 0 fully saturated rings. The van der Waals surface area contributed by atoms with Crippen molar-refractivity contribution in [3.63, 3.8) is 0 Å². The van der Waals surface area contributed by atoms with Crippen LogP contribution in [0.4, 0.5) is 0 Å². The van der Waals surface area contributed by atoms with Crippen LogP contribution in [0.3, 0.4) is 0 Å². The molecule has 1 aromatic carbocycles. The summed E-state index contributed by atoms with van der Waals surface area (Å²) in [7, 11) is 0. The average molecular weight is 235 g/mol. The van der Waals surface area contributed by atoms with Crippen LogP contribution in [0.5, 0.6) is 11.6 Å². The maximum atomic E-state index is 11.6. The highest BCUT2D eigenvalue weighted by Gasteiger charge is 2.14. The smallest absolute Gasteiger partial charge is 0.271 e. The zero-order chi connectivity index (χ0) is 12.4. The lowest BCUT2D eigenvalue weighted by molar-refractivity contribution is 0.427.